The van der Waals surface area contributed by atoms with E-state index in [1.54, 1.807) is 12.1 Å². The molecule has 0 fully saturated rings. The summed E-state index contributed by atoms with van der Waals surface area (Å²) in [5.41, 5.74) is 0.220. The Balaban J connectivity index is 1.96. The van der Waals surface area contributed by atoms with Crippen molar-refractivity contribution >= 4 is 21.4 Å². The summed E-state index contributed by atoms with van der Waals surface area (Å²) >= 11 is 0. The average molecular weight is 346 g/mol. The Bertz CT molecular complexity index is 986. The van der Waals surface area contributed by atoms with E-state index in [1.165, 1.54) is 30.3 Å². The lowest BCUT2D eigenvalue weighted by molar-refractivity contribution is -0.387. The second-order valence-corrected chi connectivity index (χ2v) is 6.31. The molecule has 24 heavy (non-hydrogen) atoms. The molecule has 0 amide bonds. The number of hydrogen-bond acceptors (Lipinski definition) is 7. The van der Waals surface area contributed by atoms with Crippen LogP contribution in [0, 0.1) is 10.1 Å². The number of benzene rings is 2. The first kappa shape index (κ1) is 15.6. The van der Waals surface area contributed by atoms with Crippen molar-refractivity contribution in [1.82, 2.24) is 10.2 Å². The number of nitro benzene ring substituents is 1. The second kappa shape index (κ2) is 6.08. The summed E-state index contributed by atoms with van der Waals surface area (Å²) in [5, 5.41) is 18.3. The van der Waals surface area contributed by atoms with Gasteiger partial charge in [0.2, 0.25) is 12.3 Å². The molecule has 9 nitrogen and oxygen atoms in total. The van der Waals surface area contributed by atoms with E-state index >= 15 is 0 Å². The standard InChI is InChI=1S/C14H10N4O5S/c19-18(20)12-6-1-2-7-13(12)24(21,22)17-11-5-3-4-10(8-11)14-16-15-9-23-14/h1-9,17H. The smallest absolute Gasteiger partial charge is 0.289 e. The third-order valence-corrected chi connectivity index (χ3v) is 4.50. The van der Waals surface area contributed by atoms with Gasteiger partial charge in [-0.3, -0.25) is 14.8 Å². The average Bonchev–Trinajstić information content (AvgIpc) is 3.09. The highest BCUT2D eigenvalue weighted by atomic mass is 32.2. The van der Waals surface area contributed by atoms with Gasteiger partial charge in [-0.1, -0.05) is 18.2 Å². The molecule has 3 aromatic rings. The summed E-state index contributed by atoms with van der Waals surface area (Å²) in [6, 6.07) is 11.4. The molecule has 1 N–H and O–H groups in total. The van der Waals surface area contributed by atoms with Gasteiger partial charge in [0.15, 0.2) is 4.90 Å². The summed E-state index contributed by atoms with van der Waals surface area (Å²) in [7, 11) is -4.13. The summed E-state index contributed by atoms with van der Waals surface area (Å²) in [5.74, 6) is 0.224. The van der Waals surface area contributed by atoms with Gasteiger partial charge < -0.3 is 4.42 Å². The van der Waals surface area contributed by atoms with Crippen LogP contribution in [0.15, 0.2) is 64.2 Å². The second-order valence-electron chi connectivity index (χ2n) is 4.66. The monoisotopic (exact) mass is 346 g/mol. The zero-order valence-corrected chi connectivity index (χ0v) is 12.8. The predicted octanol–water partition coefficient (Wildman–Crippen LogP) is 2.45. The van der Waals surface area contributed by atoms with Gasteiger partial charge in [0.1, 0.15) is 0 Å². The lowest BCUT2D eigenvalue weighted by Gasteiger charge is -2.09. The molecule has 0 spiro atoms. The first-order valence-electron chi connectivity index (χ1n) is 6.60. The molecule has 2 aromatic carbocycles. The topological polar surface area (TPSA) is 128 Å². The Morgan fingerprint density at radius 1 is 1.12 bits per heavy atom. The lowest BCUT2D eigenvalue weighted by atomic mass is 10.2. The molecule has 3 rings (SSSR count). The molecule has 0 bridgehead atoms. The number of sulfonamides is 1. The van der Waals surface area contributed by atoms with Crippen molar-refractivity contribution in [3.8, 4) is 11.5 Å². The fourth-order valence-corrected chi connectivity index (χ4v) is 3.28. The molecule has 0 aliphatic carbocycles. The molecule has 0 radical (unpaired) electrons. The molecule has 122 valence electrons. The van der Waals surface area contributed by atoms with Crippen molar-refractivity contribution < 1.29 is 17.8 Å². The number of rotatable bonds is 5. The first-order valence-corrected chi connectivity index (χ1v) is 8.08. The Hall–Kier alpha value is -3.27. The fourth-order valence-electron chi connectivity index (χ4n) is 2.06. The van der Waals surface area contributed by atoms with Crippen molar-refractivity contribution in [3.05, 3.63) is 65.0 Å². The van der Waals surface area contributed by atoms with Crippen LogP contribution in [0.3, 0.4) is 0 Å². The molecule has 0 aliphatic rings. The number of anilines is 1. The van der Waals surface area contributed by atoms with Crippen molar-refractivity contribution in [2.45, 2.75) is 4.90 Å². The maximum Gasteiger partial charge on any atom is 0.289 e. The number of aromatic nitrogens is 2. The van der Waals surface area contributed by atoms with E-state index in [1.807, 2.05) is 0 Å². The zero-order chi connectivity index (χ0) is 17.2. The summed E-state index contributed by atoms with van der Waals surface area (Å²) in [6.45, 7) is 0. The van der Waals surface area contributed by atoms with Gasteiger partial charge in [-0.15, -0.1) is 10.2 Å². The Morgan fingerprint density at radius 3 is 2.62 bits per heavy atom. The molecule has 1 aromatic heterocycles. The highest BCUT2D eigenvalue weighted by Gasteiger charge is 2.25. The molecule has 10 heteroatoms. The molecule has 1 heterocycles. The Morgan fingerprint density at radius 2 is 1.92 bits per heavy atom. The zero-order valence-electron chi connectivity index (χ0n) is 12.0. The molecule has 0 atom stereocenters. The van der Waals surface area contributed by atoms with E-state index < -0.39 is 25.5 Å². The molecule has 0 aliphatic heterocycles. The summed E-state index contributed by atoms with van der Waals surface area (Å²) in [6.07, 6.45) is 1.15. The molecule has 0 saturated heterocycles. The van der Waals surface area contributed by atoms with Crippen LogP contribution >= 0.6 is 0 Å². The van der Waals surface area contributed by atoms with E-state index in [0.29, 0.717) is 5.56 Å². The van der Waals surface area contributed by atoms with Gasteiger partial charge in [-0.25, -0.2) is 8.42 Å². The van der Waals surface area contributed by atoms with E-state index in [2.05, 4.69) is 14.9 Å². The Kier molecular flexibility index (Phi) is 3.96. The number of hydrogen-bond donors (Lipinski definition) is 1. The quantitative estimate of drug-likeness (QED) is 0.555. The van der Waals surface area contributed by atoms with Crippen LogP contribution < -0.4 is 4.72 Å². The predicted molar refractivity (Wildman–Crippen MR) is 83.6 cm³/mol. The number of nitrogens with one attached hydrogen (secondary N) is 1. The summed E-state index contributed by atoms with van der Waals surface area (Å²) in [4.78, 5) is 9.85. The van der Waals surface area contributed by atoms with Crippen LogP contribution in [0.25, 0.3) is 11.5 Å². The highest BCUT2D eigenvalue weighted by Crippen LogP contribution is 2.27. The van der Waals surface area contributed by atoms with Crippen molar-refractivity contribution in [2.24, 2.45) is 0 Å². The van der Waals surface area contributed by atoms with E-state index in [0.717, 1.165) is 12.5 Å². The van der Waals surface area contributed by atoms with Crippen LogP contribution in [-0.4, -0.2) is 23.5 Å². The van der Waals surface area contributed by atoms with Crippen molar-refractivity contribution in [1.29, 1.82) is 0 Å². The third-order valence-electron chi connectivity index (χ3n) is 3.07. The van der Waals surface area contributed by atoms with Gasteiger partial charge in [0.25, 0.3) is 15.7 Å². The van der Waals surface area contributed by atoms with Crippen LogP contribution in [0.5, 0.6) is 0 Å². The largest absolute Gasteiger partial charge is 0.423 e. The van der Waals surface area contributed by atoms with Gasteiger partial charge in [0.05, 0.1) is 4.92 Å². The minimum atomic E-state index is -4.13. The van der Waals surface area contributed by atoms with Gasteiger partial charge in [-0.05, 0) is 24.3 Å². The van der Waals surface area contributed by atoms with E-state index in [-0.39, 0.29) is 11.6 Å². The molecular formula is C14H10N4O5S. The first-order chi connectivity index (χ1) is 11.5. The highest BCUT2D eigenvalue weighted by molar-refractivity contribution is 7.92. The van der Waals surface area contributed by atoms with Gasteiger partial charge in [0, 0.05) is 17.3 Å². The van der Waals surface area contributed by atoms with Crippen LogP contribution in [0.4, 0.5) is 11.4 Å². The maximum absolute atomic E-state index is 12.5. The van der Waals surface area contributed by atoms with E-state index in [4.69, 9.17) is 4.42 Å². The SMILES string of the molecule is O=[N+]([O-])c1ccccc1S(=O)(=O)Nc1cccc(-c2nnco2)c1. The van der Waals surface area contributed by atoms with Crippen LogP contribution in [-0.2, 0) is 10.0 Å². The number of para-hydroxylation sites is 1. The Labute approximate surface area is 136 Å². The molecular weight excluding hydrogens is 336 g/mol. The molecule has 0 unspecified atom stereocenters. The fraction of sp³-hybridized carbons (Fsp3) is 0. The minimum absolute atomic E-state index is 0.212. The lowest BCUT2D eigenvalue weighted by Crippen LogP contribution is -2.14. The van der Waals surface area contributed by atoms with Crippen LogP contribution in [0.2, 0.25) is 0 Å². The van der Waals surface area contributed by atoms with Gasteiger partial charge in [-0.2, -0.15) is 0 Å². The van der Waals surface area contributed by atoms with E-state index in [9.17, 15) is 18.5 Å². The van der Waals surface area contributed by atoms with Crippen LogP contribution in [0.1, 0.15) is 0 Å². The van der Waals surface area contributed by atoms with Gasteiger partial charge >= 0.3 is 0 Å². The molecule has 0 saturated carbocycles. The summed E-state index contributed by atoms with van der Waals surface area (Å²) < 4.78 is 32.3. The number of nitro groups is 1. The number of nitrogens with zero attached hydrogens (tertiary/aromatic N) is 3. The maximum atomic E-state index is 12.5. The minimum Gasteiger partial charge on any atom is -0.423 e. The normalized spacial score (nSPS) is 11.2. The van der Waals surface area contributed by atoms with Crippen molar-refractivity contribution in [2.75, 3.05) is 4.72 Å². The third kappa shape index (κ3) is 3.08. The van der Waals surface area contributed by atoms with Crippen molar-refractivity contribution in [3.63, 3.8) is 0 Å².